The minimum atomic E-state index is -4.92. The SMILES string of the molecule is Cc1c(Sc2cccc(C(=O)O)c2F)c2ccc(Cl)c(F)c2n1CC(=O)N1CC[C@@](O)(C(F)(F)F)C1. The van der Waals surface area contributed by atoms with E-state index in [-0.39, 0.29) is 33.1 Å². The number of aromatic carboxylic acids is 1. The van der Waals surface area contributed by atoms with Crippen molar-refractivity contribution in [1.29, 1.82) is 0 Å². The maximum absolute atomic E-state index is 15.1. The summed E-state index contributed by atoms with van der Waals surface area (Å²) in [7, 11) is 0. The Morgan fingerprint density at radius 3 is 2.47 bits per heavy atom. The number of alkyl halides is 3. The van der Waals surface area contributed by atoms with Crippen LogP contribution in [0.2, 0.25) is 5.02 Å². The molecular weight excluding hydrogens is 531 g/mol. The zero-order valence-corrected chi connectivity index (χ0v) is 20.1. The summed E-state index contributed by atoms with van der Waals surface area (Å²) in [5.74, 6) is -4.14. The van der Waals surface area contributed by atoms with Gasteiger partial charge in [-0.2, -0.15) is 13.2 Å². The molecule has 4 rings (SSSR count). The molecule has 36 heavy (non-hydrogen) atoms. The Labute approximate surface area is 210 Å². The van der Waals surface area contributed by atoms with Gasteiger partial charge in [0.25, 0.3) is 0 Å². The number of carboxylic acids is 1. The predicted octanol–water partition coefficient (Wildman–Crippen LogP) is 5.26. The Kier molecular flexibility index (Phi) is 6.73. The molecule has 1 amide bonds. The van der Waals surface area contributed by atoms with E-state index in [0.29, 0.717) is 4.90 Å². The molecular formula is C23H18ClF5N2O4S. The van der Waals surface area contributed by atoms with Gasteiger partial charge in [-0.05, 0) is 31.2 Å². The Morgan fingerprint density at radius 1 is 1.17 bits per heavy atom. The summed E-state index contributed by atoms with van der Waals surface area (Å²) in [6, 6.07) is 6.50. The minimum absolute atomic E-state index is 0.0616. The number of rotatable bonds is 5. The van der Waals surface area contributed by atoms with Gasteiger partial charge in [0.2, 0.25) is 5.91 Å². The first-order chi connectivity index (χ1) is 16.7. The summed E-state index contributed by atoms with van der Waals surface area (Å²) >= 11 is 6.76. The molecule has 0 unspecified atom stereocenters. The number of carbonyl (C=O) groups is 2. The van der Waals surface area contributed by atoms with Gasteiger partial charge in [0, 0.05) is 33.8 Å². The Hall–Kier alpha value is -2.83. The average Bonchev–Trinajstić information content (AvgIpc) is 3.32. The van der Waals surface area contributed by atoms with Crippen molar-refractivity contribution in [3.63, 3.8) is 0 Å². The molecule has 0 bridgehead atoms. The number of hydrogen-bond donors (Lipinski definition) is 2. The van der Waals surface area contributed by atoms with Crippen LogP contribution in [0.5, 0.6) is 0 Å². The summed E-state index contributed by atoms with van der Waals surface area (Å²) in [6.07, 6.45) is -5.61. The van der Waals surface area contributed by atoms with Crippen LogP contribution in [0.1, 0.15) is 22.5 Å². The van der Waals surface area contributed by atoms with Gasteiger partial charge in [0.05, 0.1) is 22.6 Å². The number of aromatic nitrogens is 1. The predicted molar refractivity (Wildman–Crippen MR) is 121 cm³/mol. The summed E-state index contributed by atoms with van der Waals surface area (Å²) in [4.78, 5) is 25.3. The molecule has 2 N–H and O–H groups in total. The van der Waals surface area contributed by atoms with E-state index in [1.807, 2.05) is 0 Å². The first kappa shape index (κ1) is 26.2. The van der Waals surface area contributed by atoms with Gasteiger partial charge in [-0.15, -0.1) is 0 Å². The van der Waals surface area contributed by atoms with Gasteiger partial charge in [-0.3, -0.25) is 4.79 Å². The second kappa shape index (κ2) is 9.24. The Bertz CT molecular complexity index is 1390. The third-order valence-corrected chi connectivity index (χ3v) is 7.69. The molecule has 13 heteroatoms. The van der Waals surface area contributed by atoms with Crippen LogP contribution in [0.4, 0.5) is 22.0 Å². The van der Waals surface area contributed by atoms with Crippen molar-refractivity contribution in [3.05, 3.63) is 58.2 Å². The molecule has 3 aromatic rings. The van der Waals surface area contributed by atoms with E-state index >= 15 is 4.39 Å². The topological polar surface area (TPSA) is 82.8 Å². The van der Waals surface area contributed by atoms with Gasteiger partial charge in [0.15, 0.2) is 17.2 Å². The van der Waals surface area contributed by atoms with E-state index in [4.69, 9.17) is 11.6 Å². The monoisotopic (exact) mass is 548 g/mol. The maximum atomic E-state index is 15.1. The van der Waals surface area contributed by atoms with E-state index < -0.39 is 60.4 Å². The van der Waals surface area contributed by atoms with Crippen molar-refractivity contribution >= 4 is 46.1 Å². The van der Waals surface area contributed by atoms with Gasteiger partial charge >= 0.3 is 12.1 Å². The third kappa shape index (κ3) is 4.41. The van der Waals surface area contributed by atoms with Crippen molar-refractivity contribution < 1.29 is 41.8 Å². The highest BCUT2D eigenvalue weighted by atomic mass is 35.5. The third-order valence-electron chi connectivity index (χ3n) is 6.14. The van der Waals surface area contributed by atoms with E-state index in [9.17, 15) is 37.4 Å². The number of carbonyl (C=O) groups excluding carboxylic acids is 1. The van der Waals surface area contributed by atoms with E-state index in [1.54, 1.807) is 0 Å². The van der Waals surface area contributed by atoms with Crippen LogP contribution in [0.25, 0.3) is 10.9 Å². The fourth-order valence-corrected chi connectivity index (χ4v) is 5.39. The lowest BCUT2D eigenvalue weighted by atomic mass is 10.0. The molecule has 1 atom stereocenters. The van der Waals surface area contributed by atoms with E-state index in [0.717, 1.165) is 22.7 Å². The Balaban J connectivity index is 1.74. The molecule has 2 heterocycles. The summed E-state index contributed by atoms with van der Waals surface area (Å²) in [6.45, 7) is -0.347. The highest BCUT2D eigenvalue weighted by Gasteiger charge is 2.57. The van der Waals surface area contributed by atoms with Crippen molar-refractivity contribution in [2.45, 2.75) is 41.5 Å². The number of nitrogens with zero attached hydrogens (tertiary/aromatic N) is 2. The number of fused-ring (bicyclic) bond motifs is 1. The number of likely N-dealkylation sites (tertiary alicyclic amines) is 1. The van der Waals surface area contributed by atoms with Gasteiger partial charge in [-0.1, -0.05) is 29.4 Å². The molecule has 2 aromatic carbocycles. The van der Waals surface area contributed by atoms with E-state index in [1.165, 1.54) is 35.8 Å². The lowest BCUT2D eigenvalue weighted by molar-refractivity contribution is -0.253. The van der Waals surface area contributed by atoms with Gasteiger partial charge in [0.1, 0.15) is 6.54 Å². The number of carboxylic acid groups (broad SMARTS) is 1. The molecule has 0 saturated carbocycles. The first-order valence-electron chi connectivity index (χ1n) is 10.5. The lowest BCUT2D eigenvalue weighted by Crippen LogP contribution is -2.48. The van der Waals surface area contributed by atoms with Crippen molar-refractivity contribution in [1.82, 2.24) is 9.47 Å². The molecule has 1 saturated heterocycles. The molecule has 0 aliphatic carbocycles. The van der Waals surface area contributed by atoms with E-state index in [2.05, 4.69) is 0 Å². The highest BCUT2D eigenvalue weighted by molar-refractivity contribution is 7.99. The highest BCUT2D eigenvalue weighted by Crippen LogP contribution is 2.42. The molecule has 6 nitrogen and oxygen atoms in total. The number of benzene rings is 2. The maximum Gasteiger partial charge on any atom is 0.419 e. The zero-order valence-electron chi connectivity index (χ0n) is 18.5. The normalized spacial score (nSPS) is 18.3. The van der Waals surface area contributed by atoms with Crippen LogP contribution in [0.15, 0.2) is 40.1 Å². The molecule has 1 fully saturated rings. The second-order valence-corrected chi connectivity index (χ2v) is 9.84. The number of hydrogen-bond acceptors (Lipinski definition) is 4. The number of β-amino-alcohol motifs (C(OH)–C–C–N with tert-alkyl or cyclic N) is 1. The molecule has 1 aromatic heterocycles. The fraction of sp³-hybridized carbons (Fsp3) is 0.304. The smallest absolute Gasteiger partial charge is 0.419 e. The standard InChI is InChI=1S/C23H18ClF5N2O4S/c1-11-20(36-15-4-2-3-12(17(15)25)21(33)34)13-5-6-14(24)18(26)19(13)31(11)9-16(32)30-8-7-22(35,10-30)23(27,28)29/h2-6,35H,7-10H2,1H3,(H,33,34)/t22-/m0/s1. The lowest BCUT2D eigenvalue weighted by Gasteiger charge is -2.26. The number of halogens is 6. The first-order valence-corrected chi connectivity index (χ1v) is 11.7. The number of aliphatic hydroxyl groups is 1. The molecule has 1 aliphatic heterocycles. The molecule has 1 aliphatic rings. The molecule has 192 valence electrons. The van der Waals surface area contributed by atoms with Crippen LogP contribution in [0, 0.1) is 18.6 Å². The summed E-state index contributed by atoms with van der Waals surface area (Å²) < 4.78 is 70.7. The van der Waals surface area contributed by atoms with Crippen molar-refractivity contribution in [2.24, 2.45) is 0 Å². The van der Waals surface area contributed by atoms with Crippen LogP contribution >= 0.6 is 23.4 Å². The van der Waals surface area contributed by atoms with Crippen LogP contribution in [-0.4, -0.2) is 56.4 Å². The van der Waals surface area contributed by atoms with Crippen molar-refractivity contribution in [3.8, 4) is 0 Å². The minimum Gasteiger partial charge on any atom is -0.478 e. The van der Waals surface area contributed by atoms with Gasteiger partial charge in [-0.25, -0.2) is 13.6 Å². The second-order valence-electron chi connectivity index (χ2n) is 8.38. The zero-order chi connectivity index (χ0) is 26.6. The summed E-state index contributed by atoms with van der Waals surface area (Å²) in [5, 5.41) is 19.1. The van der Waals surface area contributed by atoms with Crippen LogP contribution < -0.4 is 0 Å². The van der Waals surface area contributed by atoms with Gasteiger partial charge < -0.3 is 19.7 Å². The largest absolute Gasteiger partial charge is 0.478 e. The van der Waals surface area contributed by atoms with Crippen LogP contribution in [0.3, 0.4) is 0 Å². The Morgan fingerprint density at radius 2 is 1.86 bits per heavy atom. The number of amides is 1. The fourth-order valence-electron chi connectivity index (χ4n) is 4.14. The molecule has 0 radical (unpaired) electrons. The average molecular weight is 549 g/mol. The summed E-state index contributed by atoms with van der Waals surface area (Å²) in [5.41, 5.74) is -3.42. The molecule has 0 spiro atoms. The van der Waals surface area contributed by atoms with Crippen LogP contribution in [-0.2, 0) is 11.3 Å². The van der Waals surface area contributed by atoms with Crippen molar-refractivity contribution in [2.75, 3.05) is 13.1 Å². The quantitative estimate of drug-likeness (QED) is 0.425.